The second kappa shape index (κ2) is 7.28. The van der Waals surface area contributed by atoms with Gasteiger partial charge >= 0.3 is 0 Å². The molecule has 126 valence electrons. The van der Waals surface area contributed by atoms with Gasteiger partial charge in [-0.1, -0.05) is 13.8 Å². The number of hydrogen-bond donors (Lipinski definition) is 0. The lowest BCUT2D eigenvalue weighted by atomic mass is 9.92. The number of carbonyl (C=O) groups excluding carboxylic acids is 1. The van der Waals surface area contributed by atoms with Crippen LogP contribution in [-0.2, 0) is 14.3 Å². The Hall–Kier alpha value is -0.650. The standard InChI is InChI=1S/C17H30N2O3/c1-13-8-14(2)10-19(9-13)16(20)12-18-5-3-4-15(11-18)17-21-6-7-22-17/h13-15,17H,3-12H2,1-2H3/t13-,14-,15+/m1/s1. The number of ether oxygens (including phenoxy) is 2. The van der Waals surface area contributed by atoms with Crippen LogP contribution in [0.4, 0.5) is 0 Å². The molecule has 3 rings (SSSR count). The molecule has 5 heteroatoms. The Morgan fingerprint density at radius 3 is 2.45 bits per heavy atom. The molecule has 3 fully saturated rings. The molecule has 0 radical (unpaired) electrons. The molecule has 5 nitrogen and oxygen atoms in total. The van der Waals surface area contributed by atoms with E-state index in [9.17, 15) is 4.79 Å². The summed E-state index contributed by atoms with van der Waals surface area (Å²) in [6.07, 6.45) is 3.47. The van der Waals surface area contributed by atoms with Crippen molar-refractivity contribution in [1.82, 2.24) is 9.80 Å². The van der Waals surface area contributed by atoms with Crippen LogP contribution in [0.15, 0.2) is 0 Å². The Balaban J connectivity index is 1.50. The third kappa shape index (κ3) is 4.00. The Labute approximate surface area is 133 Å². The highest BCUT2D eigenvalue weighted by atomic mass is 16.7. The summed E-state index contributed by atoms with van der Waals surface area (Å²) in [5.74, 6) is 1.97. The number of carbonyl (C=O) groups is 1. The van der Waals surface area contributed by atoms with Gasteiger partial charge < -0.3 is 14.4 Å². The number of likely N-dealkylation sites (tertiary alicyclic amines) is 2. The van der Waals surface area contributed by atoms with Crippen LogP contribution in [0.25, 0.3) is 0 Å². The zero-order valence-electron chi connectivity index (χ0n) is 14.0. The smallest absolute Gasteiger partial charge is 0.236 e. The number of piperidine rings is 2. The molecule has 0 aromatic rings. The lowest BCUT2D eigenvalue weighted by molar-refractivity contribution is -0.137. The fourth-order valence-corrected chi connectivity index (χ4v) is 4.26. The SMILES string of the molecule is C[C@@H]1C[C@@H](C)CN(C(=O)CN2CCC[C@H](C3OCCO3)C2)C1. The number of amides is 1. The van der Waals surface area contributed by atoms with E-state index in [0.29, 0.717) is 43.4 Å². The van der Waals surface area contributed by atoms with Crippen LogP contribution in [0, 0.1) is 17.8 Å². The molecule has 3 heterocycles. The first-order valence-corrected chi connectivity index (χ1v) is 8.85. The van der Waals surface area contributed by atoms with Gasteiger partial charge in [0.25, 0.3) is 0 Å². The molecule has 0 unspecified atom stereocenters. The molecule has 0 N–H and O–H groups in total. The van der Waals surface area contributed by atoms with Crippen molar-refractivity contribution in [3.8, 4) is 0 Å². The van der Waals surface area contributed by atoms with Gasteiger partial charge in [0.1, 0.15) is 0 Å². The Morgan fingerprint density at radius 2 is 1.77 bits per heavy atom. The quantitative estimate of drug-likeness (QED) is 0.794. The molecule has 0 spiro atoms. The highest BCUT2D eigenvalue weighted by molar-refractivity contribution is 5.78. The highest BCUT2D eigenvalue weighted by Crippen LogP contribution is 2.25. The molecule has 3 aliphatic heterocycles. The van der Waals surface area contributed by atoms with Crippen molar-refractivity contribution in [2.24, 2.45) is 17.8 Å². The van der Waals surface area contributed by atoms with Gasteiger partial charge in [0.2, 0.25) is 5.91 Å². The monoisotopic (exact) mass is 310 g/mol. The minimum atomic E-state index is -0.0482. The minimum Gasteiger partial charge on any atom is -0.350 e. The van der Waals surface area contributed by atoms with E-state index in [1.807, 2.05) is 0 Å². The van der Waals surface area contributed by atoms with Crippen molar-refractivity contribution < 1.29 is 14.3 Å². The third-order valence-electron chi connectivity index (χ3n) is 5.15. The van der Waals surface area contributed by atoms with Gasteiger partial charge in [-0.05, 0) is 37.6 Å². The summed E-state index contributed by atoms with van der Waals surface area (Å²) < 4.78 is 11.3. The maximum absolute atomic E-state index is 12.6. The van der Waals surface area contributed by atoms with E-state index < -0.39 is 0 Å². The van der Waals surface area contributed by atoms with Gasteiger partial charge in [-0.2, -0.15) is 0 Å². The summed E-state index contributed by atoms with van der Waals surface area (Å²) in [4.78, 5) is 17.0. The molecule has 0 saturated carbocycles. The molecule has 0 bridgehead atoms. The van der Waals surface area contributed by atoms with E-state index in [0.717, 1.165) is 39.0 Å². The van der Waals surface area contributed by atoms with E-state index in [1.54, 1.807) is 0 Å². The van der Waals surface area contributed by atoms with E-state index >= 15 is 0 Å². The predicted molar refractivity (Wildman–Crippen MR) is 84.4 cm³/mol. The van der Waals surface area contributed by atoms with Crippen molar-refractivity contribution in [3.63, 3.8) is 0 Å². The average Bonchev–Trinajstić information content (AvgIpc) is 3.00. The molecule has 0 aromatic carbocycles. The first-order chi connectivity index (χ1) is 10.6. The topological polar surface area (TPSA) is 42.0 Å². The van der Waals surface area contributed by atoms with Crippen LogP contribution in [0.1, 0.15) is 33.1 Å². The Bertz CT molecular complexity index is 374. The molecule has 3 aliphatic rings. The summed E-state index contributed by atoms with van der Waals surface area (Å²) in [5, 5.41) is 0. The Kier molecular flexibility index (Phi) is 5.37. The maximum Gasteiger partial charge on any atom is 0.236 e. The van der Waals surface area contributed by atoms with Gasteiger partial charge in [0.15, 0.2) is 6.29 Å². The van der Waals surface area contributed by atoms with E-state index in [2.05, 4.69) is 23.6 Å². The van der Waals surface area contributed by atoms with E-state index in [4.69, 9.17) is 9.47 Å². The van der Waals surface area contributed by atoms with Crippen molar-refractivity contribution in [1.29, 1.82) is 0 Å². The molecule has 22 heavy (non-hydrogen) atoms. The zero-order chi connectivity index (χ0) is 15.5. The van der Waals surface area contributed by atoms with E-state index in [-0.39, 0.29) is 6.29 Å². The third-order valence-corrected chi connectivity index (χ3v) is 5.15. The number of nitrogens with zero attached hydrogens (tertiary/aromatic N) is 2. The maximum atomic E-state index is 12.6. The van der Waals surface area contributed by atoms with Crippen LogP contribution in [0.5, 0.6) is 0 Å². The fourth-order valence-electron chi connectivity index (χ4n) is 4.26. The molecule has 0 aliphatic carbocycles. The van der Waals surface area contributed by atoms with Gasteiger partial charge in [-0.3, -0.25) is 9.69 Å². The van der Waals surface area contributed by atoms with Gasteiger partial charge in [-0.25, -0.2) is 0 Å². The predicted octanol–water partition coefficient (Wildman–Crippen LogP) is 1.58. The largest absolute Gasteiger partial charge is 0.350 e. The van der Waals surface area contributed by atoms with Gasteiger partial charge in [0, 0.05) is 25.6 Å². The summed E-state index contributed by atoms with van der Waals surface area (Å²) in [7, 11) is 0. The molecule has 3 atom stereocenters. The molecule has 3 saturated heterocycles. The number of rotatable bonds is 3. The lowest BCUT2D eigenvalue weighted by Crippen LogP contribution is -2.49. The second-order valence-electron chi connectivity index (χ2n) is 7.49. The normalized spacial score (nSPS) is 35.0. The van der Waals surface area contributed by atoms with Crippen molar-refractivity contribution in [2.45, 2.75) is 39.4 Å². The summed E-state index contributed by atoms with van der Waals surface area (Å²) >= 11 is 0. The molecular weight excluding hydrogens is 280 g/mol. The molecular formula is C17H30N2O3. The average molecular weight is 310 g/mol. The van der Waals surface area contributed by atoms with Crippen LogP contribution in [-0.4, -0.2) is 67.9 Å². The van der Waals surface area contributed by atoms with Crippen molar-refractivity contribution in [3.05, 3.63) is 0 Å². The Morgan fingerprint density at radius 1 is 1.09 bits per heavy atom. The highest BCUT2D eigenvalue weighted by Gasteiger charge is 2.33. The summed E-state index contributed by atoms with van der Waals surface area (Å²) in [5.41, 5.74) is 0. The van der Waals surface area contributed by atoms with Gasteiger partial charge in [0.05, 0.1) is 19.8 Å². The first-order valence-electron chi connectivity index (χ1n) is 8.85. The summed E-state index contributed by atoms with van der Waals surface area (Å²) in [6, 6.07) is 0. The molecule has 0 aromatic heterocycles. The van der Waals surface area contributed by atoms with Gasteiger partial charge in [-0.15, -0.1) is 0 Å². The number of hydrogen-bond acceptors (Lipinski definition) is 4. The first kappa shape index (κ1) is 16.2. The van der Waals surface area contributed by atoms with Crippen molar-refractivity contribution in [2.75, 3.05) is 45.9 Å². The second-order valence-corrected chi connectivity index (χ2v) is 7.49. The zero-order valence-corrected chi connectivity index (χ0v) is 14.0. The fraction of sp³-hybridized carbons (Fsp3) is 0.941. The van der Waals surface area contributed by atoms with Crippen LogP contribution in [0.3, 0.4) is 0 Å². The van der Waals surface area contributed by atoms with Crippen LogP contribution >= 0.6 is 0 Å². The minimum absolute atomic E-state index is 0.0482. The van der Waals surface area contributed by atoms with Crippen LogP contribution in [0.2, 0.25) is 0 Å². The van der Waals surface area contributed by atoms with E-state index in [1.165, 1.54) is 6.42 Å². The van der Waals surface area contributed by atoms with Crippen molar-refractivity contribution >= 4 is 5.91 Å². The van der Waals surface area contributed by atoms with Crippen LogP contribution < -0.4 is 0 Å². The summed E-state index contributed by atoms with van der Waals surface area (Å²) in [6.45, 7) is 10.3. The lowest BCUT2D eigenvalue weighted by Gasteiger charge is -2.38. The molecule has 1 amide bonds.